The summed E-state index contributed by atoms with van der Waals surface area (Å²) in [6.07, 6.45) is 7.08. The second-order valence-electron chi connectivity index (χ2n) is 6.76. The smallest absolute Gasteiger partial charge is 0.410 e. The molecular formula is C16H26N4O2. The average Bonchev–Trinajstić information content (AvgIpc) is 2.47. The predicted molar refractivity (Wildman–Crippen MR) is 84.3 cm³/mol. The number of carbonyl (C=O) groups is 1. The van der Waals surface area contributed by atoms with Gasteiger partial charge in [0.2, 0.25) is 0 Å². The summed E-state index contributed by atoms with van der Waals surface area (Å²) in [7, 11) is 0. The maximum absolute atomic E-state index is 12.1. The molecule has 1 aliphatic rings. The van der Waals surface area contributed by atoms with Crippen LogP contribution in [-0.4, -0.2) is 46.2 Å². The van der Waals surface area contributed by atoms with E-state index in [0.29, 0.717) is 12.5 Å². The number of piperidine rings is 1. The van der Waals surface area contributed by atoms with E-state index in [0.717, 1.165) is 38.2 Å². The molecule has 1 aromatic rings. The summed E-state index contributed by atoms with van der Waals surface area (Å²) < 4.78 is 5.45. The molecule has 0 radical (unpaired) electrons. The standard InChI is InChI=1S/C16H26N4O2/c1-16(2,3)22-15(21)20-8-4-5-13(12-20)9-18-11-14-10-17-6-7-19-14/h6-7,10,13,18H,4-5,8-9,11-12H2,1-3H3/t13-/m1/s1. The van der Waals surface area contributed by atoms with Crippen molar-refractivity contribution in [1.82, 2.24) is 20.2 Å². The molecule has 0 aromatic carbocycles. The highest BCUT2D eigenvalue weighted by Gasteiger charge is 2.27. The first-order valence-electron chi connectivity index (χ1n) is 7.87. The van der Waals surface area contributed by atoms with Gasteiger partial charge in [-0.1, -0.05) is 0 Å². The van der Waals surface area contributed by atoms with Gasteiger partial charge in [0.15, 0.2) is 0 Å². The normalized spacial score (nSPS) is 19.0. The maximum Gasteiger partial charge on any atom is 0.410 e. The number of amides is 1. The third-order valence-electron chi connectivity index (χ3n) is 3.53. The highest BCUT2D eigenvalue weighted by atomic mass is 16.6. The minimum absolute atomic E-state index is 0.203. The number of rotatable bonds is 4. The largest absolute Gasteiger partial charge is 0.444 e. The van der Waals surface area contributed by atoms with Gasteiger partial charge in [-0.3, -0.25) is 9.97 Å². The first kappa shape index (κ1) is 16.7. The molecule has 1 aliphatic heterocycles. The molecule has 1 aromatic heterocycles. The van der Waals surface area contributed by atoms with Gasteiger partial charge in [-0.25, -0.2) is 4.79 Å². The summed E-state index contributed by atoms with van der Waals surface area (Å²) >= 11 is 0. The number of aromatic nitrogens is 2. The first-order chi connectivity index (χ1) is 10.4. The lowest BCUT2D eigenvalue weighted by Gasteiger charge is -2.34. The van der Waals surface area contributed by atoms with Gasteiger partial charge in [-0.05, 0) is 39.5 Å². The minimum atomic E-state index is -0.436. The number of nitrogens with one attached hydrogen (secondary N) is 1. The summed E-state index contributed by atoms with van der Waals surface area (Å²) in [5.41, 5.74) is 0.496. The van der Waals surface area contributed by atoms with Crippen LogP contribution in [0.2, 0.25) is 0 Å². The molecule has 1 atom stereocenters. The Morgan fingerprint density at radius 2 is 2.27 bits per heavy atom. The monoisotopic (exact) mass is 306 g/mol. The van der Waals surface area contributed by atoms with E-state index in [-0.39, 0.29) is 6.09 Å². The van der Waals surface area contributed by atoms with Crippen LogP contribution >= 0.6 is 0 Å². The van der Waals surface area contributed by atoms with Crippen molar-refractivity contribution in [2.75, 3.05) is 19.6 Å². The SMILES string of the molecule is CC(C)(C)OC(=O)N1CCC[C@H](CNCc2cnccn2)C1. The Labute approximate surface area is 132 Å². The van der Waals surface area contributed by atoms with Gasteiger partial charge in [0.05, 0.1) is 5.69 Å². The van der Waals surface area contributed by atoms with Crippen molar-refractivity contribution in [2.45, 2.75) is 45.8 Å². The Bertz CT molecular complexity index is 473. The van der Waals surface area contributed by atoms with Gasteiger partial charge in [-0.2, -0.15) is 0 Å². The van der Waals surface area contributed by atoms with Crippen LogP contribution in [0.15, 0.2) is 18.6 Å². The van der Waals surface area contributed by atoms with Crippen LogP contribution in [0.1, 0.15) is 39.3 Å². The first-order valence-corrected chi connectivity index (χ1v) is 7.87. The second-order valence-corrected chi connectivity index (χ2v) is 6.76. The van der Waals surface area contributed by atoms with Crippen molar-refractivity contribution in [3.63, 3.8) is 0 Å². The molecule has 6 heteroatoms. The van der Waals surface area contributed by atoms with Crippen molar-refractivity contribution >= 4 is 6.09 Å². The quantitative estimate of drug-likeness (QED) is 0.924. The molecule has 2 heterocycles. The van der Waals surface area contributed by atoms with E-state index in [1.165, 1.54) is 0 Å². The second kappa shape index (κ2) is 7.54. The van der Waals surface area contributed by atoms with Gasteiger partial charge in [0.25, 0.3) is 0 Å². The molecule has 122 valence electrons. The van der Waals surface area contributed by atoms with Crippen LogP contribution in [0.4, 0.5) is 4.79 Å². The highest BCUT2D eigenvalue weighted by molar-refractivity contribution is 5.68. The lowest BCUT2D eigenvalue weighted by atomic mass is 9.98. The van der Waals surface area contributed by atoms with E-state index >= 15 is 0 Å². The van der Waals surface area contributed by atoms with Crippen LogP contribution in [-0.2, 0) is 11.3 Å². The number of ether oxygens (including phenoxy) is 1. The number of hydrogen-bond acceptors (Lipinski definition) is 5. The predicted octanol–water partition coefficient (Wildman–Crippen LogP) is 2.21. The number of carbonyl (C=O) groups excluding carboxylic acids is 1. The molecule has 6 nitrogen and oxygen atoms in total. The van der Waals surface area contributed by atoms with Crippen molar-refractivity contribution in [1.29, 1.82) is 0 Å². The minimum Gasteiger partial charge on any atom is -0.444 e. The van der Waals surface area contributed by atoms with E-state index in [9.17, 15) is 4.79 Å². The molecule has 1 fully saturated rings. The molecule has 0 aliphatic carbocycles. The average molecular weight is 306 g/mol. The Morgan fingerprint density at radius 1 is 1.45 bits per heavy atom. The number of hydrogen-bond donors (Lipinski definition) is 1. The van der Waals surface area contributed by atoms with Crippen molar-refractivity contribution < 1.29 is 9.53 Å². The molecular weight excluding hydrogens is 280 g/mol. The fourth-order valence-electron chi connectivity index (χ4n) is 2.55. The lowest BCUT2D eigenvalue weighted by Crippen LogP contribution is -2.45. The molecule has 0 bridgehead atoms. The van der Waals surface area contributed by atoms with Crippen LogP contribution in [0.25, 0.3) is 0 Å². The van der Waals surface area contributed by atoms with Gasteiger partial charge in [-0.15, -0.1) is 0 Å². The molecule has 2 rings (SSSR count). The molecule has 0 spiro atoms. The molecule has 0 unspecified atom stereocenters. The van der Waals surface area contributed by atoms with Gasteiger partial charge >= 0.3 is 6.09 Å². The van der Waals surface area contributed by atoms with E-state index in [2.05, 4.69) is 15.3 Å². The van der Waals surface area contributed by atoms with Crippen LogP contribution in [0, 0.1) is 5.92 Å². The number of nitrogens with zero attached hydrogens (tertiary/aromatic N) is 3. The van der Waals surface area contributed by atoms with Crippen molar-refractivity contribution in [2.24, 2.45) is 5.92 Å². The highest BCUT2D eigenvalue weighted by Crippen LogP contribution is 2.18. The zero-order chi connectivity index (χ0) is 16.0. The van der Waals surface area contributed by atoms with Crippen molar-refractivity contribution in [3.8, 4) is 0 Å². The maximum atomic E-state index is 12.1. The third-order valence-corrected chi connectivity index (χ3v) is 3.53. The van der Waals surface area contributed by atoms with Gasteiger partial charge in [0, 0.05) is 44.8 Å². The fourth-order valence-corrected chi connectivity index (χ4v) is 2.55. The van der Waals surface area contributed by atoms with E-state index < -0.39 is 5.60 Å². The van der Waals surface area contributed by atoms with E-state index in [1.807, 2.05) is 25.7 Å². The van der Waals surface area contributed by atoms with E-state index in [1.54, 1.807) is 18.6 Å². The van der Waals surface area contributed by atoms with E-state index in [4.69, 9.17) is 4.74 Å². The van der Waals surface area contributed by atoms with Gasteiger partial charge < -0.3 is 15.0 Å². The van der Waals surface area contributed by atoms with Crippen LogP contribution in [0.5, 0.6) is 0 Å². The Hall–Kier alpha value is -1.69. The zero-order valence-electron chi connectivity index (χ0n) is 13.7. The summed E-state index contributed by atoms with van der Waals surface area (Å²) in [4.78, 5) is 22.2. The van der Waals surface area contributed by atoms with Crippen molar-refractivity contribution in [3.05, 3.63) is 24.3 Å². The number of likely N-dealkylation sites (tertiary alicyclic amines) is 1. The van der Waals surface area contributed by atoms with Gasteiger partial charge in [0.1, 0.15) is 5.60 Å². The summed E-state index contributed by atoms with van der Waals surface area (Å²) in [5, 5.41) is 3.40. The Balaban J connectivity index is 1.75. The van der Waals surface area contributed by atoms with Crippen LogP contribution < -0.4 is 5.32 Å². The Kier molecular flexibility index (Phi) is 5.71. The molecule has 1 amide bonds. The Morgan fingerprint density at radius 3 is 2.95 bits per heavy atom. The van der Waals surface area contributed by atoms with Crippen LogP contribution in [0.3, 0.4) is 0 Å². The summed E-state index contributed by atoms with van der Waals surface area (Å²) in [5.74, 6) is 0.456. The summed E-state index contributed by atoms with van der Waals surface area (Å²) in [6, 6.07) is 0. The molecule has 1 saturated heterocycles. The summed E-state index contributed by atoms with van der Waals surface area (Å²) in [6.45, 7) is 8.81. The zero-order valence-corrected chi connectivity index (χ0v) is 13.7. The third kappa shape index (κ3) is 5.60. The lowest BCUT2D eigenvalue weighted by molar-refractivity contribution is 0.0166. The molecule has 0 saturated carbocycles. The molecule has 1 N–H and O–H groups in total. The fraction of sp³-hybridized carbons (Fsp3) is 0.688. The topological polar surface area (TPSA) is 67.3 Å². The molecule has 22 heavy (non-hydrogen) atoms.